The van der Waals surface area contributed by atoms with Crippen molar-refractivity contribution < 1.29 is 27.8 Å². The molecule has 2 aromatic rings. The van der Waals surface area contributed by atoms with Crippen LogP contribution >= 0.6 is 0 Å². The molecule has 1 aliphatic heterocycles. The molecule has 138 valence electrons. The fourth-order valence-corrected chi connectivity index (χ4v) is 2.75. The van der Waals surface area contributed by atoms with Crippen molar-refractivity contribution in [2.45, 2.75) is 38.7 Å². The normalized spacial score (nSPS) is 19.7. The van der Waals surface area contributed by atoms with Crippen LogP contribution in [0.2, 0.25) is 0 Å². The molecule has 1 heterocycles. The van der Waals surface area contributed by atoms with Gasteiger partial charge in [-0.3, -0.25) is 4.79 Å². The Morgan fingerprint density at radius 3 is 2.50 bits per heavy atom. The van der Waals surface area contributed by atoms with Crippen LogP contribution in [0.15, 0.2) is 48.5 Å². The van der Waals surface area contributed by atoms with Crippen LogP contribution in [0, 0.1) is 0 Å². The van der Waals surface area contributed by atoms with E-state index in [1.54, 1.807) is 44.2 Å². The Bertz CT molecular complexity index is 784. The number of rotatable bonds is 5. The van der Waals surface area contributed by atoms with E-state index in [-0.39, 0.29) is 11.7 Å². The predicted molar refractivity (Wildman–Crippen MR) is 90.6 cm³/mol. The summed E-state index contributed by atoms with van der Waals surface area (Å²) >= 11 is 0. The van der Waals surface area contributed by atoms with E-state index in [0.717, 1.165) is 0 Å². The molecule has 0 fully saturated rings. The van der Waals surface area contributed by atoms with Gasteiger partial charge in [0.05, 0.1) is 6.04 Å². The maximum absolute atomic E-state index is 12.6. The van der Waals surface area contributed by atoms with Crippen LogP contribution in [-0.2, 0) is 4.79 Å². The van der Waals surface area contributed by atoms with E-state index >= 15 is 0 Å². The summed E-state index contributed by atoms with van der Waals surface area (Å²) in [6.07, 6.45) is -1.28. The standard InChI is InChI=1S/C19H19F2NO4/c1-11(13-6-5-7-14(10-13)25-19(20)21)22-18(23)17-12(2)24-15-8-3-4-9-16(15)26-17/h3-12,17,19H,1-2H3,(H,22,23). The number of amides is 1. The van der Waals surface area contributed by atoms with Crippen LogP contribution in [0.1, 0.15) is 25.5 Å². The number of carbonyl (C=O) groups excluding carboxylic acids is 1. The molecule has 0 saturated carbocycles. The van der Waals surface area contributed by atoms with Crippen molar-refractivity contribution >= 4 is 5.91 Å². The summed E-state index contributed by atoms with van der Waals surface area (Å²) in [6, 6.07) is 12.9. The van der Waals surface area contributed by atoms with E-state index in [1.807, 2.05) is 6.07 Å². The second-order valence-corrected chi connectivity index (χ2v) is 5.99. The number of nitrogens with one attached hydrogen (secondary N) is 1. The van der Waals surface area contributed by atoms with E-state index in [4.69, 9.17) is 9.47 Å². The SMILES string of the molecule is CC(NC(=O)C1Oc2ccccc2OC1C)c1cccc(OC(F)F)c1. The van der Waals surface area contributed by atoms with Crippen molar-refractivity contribution in [1.29, 1.82) is 0 Å². The van der Waals surface area contributed by atoms with Crippen LogP contribution in [0.25, 0.3) is 0 Å². The number of para-hydroxylation sites is 2. The van der Waals surface area contributed by atoms with Gasteiger partial charge in [0.2, 0.25) is 6.10 Å². The third-order valence-corrected chi connectivity index (χ3v) is 4.04. The van der Waals surface area contributed by atoms with Crippen molar-refractivity contribution in [3.63, 3.8) is 0 Å². The minimum atomic E-state index is -2.90. The van der Waals surface area contributed by atoms with Gasteiger partial charge in [0, 0.05) is 0 Å². The lowest BCUT2D eigenvalue weighted by molar-refractivity contribution is -0.134. The molecule has 0 aromatic heterocycles. The molecule has 0 spiro atoms. The fourth-order valence-electron chi connectivity index (χ4n) is 2.75. The molecule has 0 aliphatic carbocycles. The average Bonchev–Trinajstić information content (AvgIpc) is 2.60. The zero-order valence-corrected chi connectivity index (χ0v) is 14.3. The second-order valence-electron chi connectivity index (χ2n) is 5.99. The van der Waals surface area contributed by atoms with Crippen molar-refractivity contribution in [2.24, 2.45) is 0 Å². The zero-order chi connectivity index (χ0) is 18.7. The predicted octanol–water partition coefficient (Wildman–Crippen LogP) is 3.69. The summed E-state index contributed by atoms with van der Waals surface area (Å²) in [7, 11) is 0. The molecule has 26 heavy (non-hydrogen) atoms. The Morgan fingerprint density at radius 1 is 1.12 bits per heavy atom. The van der Waals surface area contributed by atoms with Crippen molar-refractivity contribution in [1.82, 2.24) is 5.32 Å². The molecule has 3 unspecified atom stereocenters. The summed E-state index contributed by atoms with van der Waals surface area (Å²) in [4.78, 5) is 12.6. The summed E-state index contributed by atoms with van der Waals surface area (Å²) in [6.45, 7) is 0.604. The Kier molecular flexibility index (Phi) is 5.25. The van der Waals surface area contributed by atoms with Crippen molar-refractivity contribution in [3.8, 4) is 17.2 Å². The Morgan fingerprint density at radius 2 is 1.81 bits per heavy atom. The van der Waals surface area contributed by atoms with E-state index in [0.29, 0.717) is 17.1 Å². The van der Waals surface area contributed by atoms with E-state index in [1.165, 1.54) is 12.1 Å². The number of benzene rings is 2. The third kappa shape index (κ3) is 4.04. The highest BCUT2D eigenvalue weighted by Gasteiger charge is 2.34. The Labute approximate surface area is 149 Å². The van der Waals surface area contributed by atoms with Gasteiger partial charge in [0.1, 0.15) is 11.9 Å². The van der Waals surface area contributed by atoms with Gasteiger partial charge in [0.15, 0.2) is 11.5 Å². The van der Waals surface area contributed by atoms with Crippen LogP contribution in [-0.4, -0.2) is 24.7 Å². The molecule has 2 aromatic carbocycles. The lowest BCUT2D eigenvalue weighted by Crippen LogP contribution is -2.49. The first-order valence-electron chi connectivity index (χ1n) is 8.21. The number of hydrogen-bond acceptors (Lipinski definition) is 4. The largest absolute Gasteiger partial charge is 0.482 e. The molecular formula is C19H19F2NO4. The van der Waals surface area contributed by atoms with Crippen molar-refractivity contribution in [2.75, 3.05) is 0 Å². The topological polar surface area (TPSA) is 56.8 Å². The highest BCUT2D eigenvalue weighted by molar-refractivity contribution is 5.82. The molecule has 1 N–H and O–H groups in total. The van der Waals surface area contributed by atoms with Crippen LogP contribution < -0.4 is 19.5 Å². The van der Waals surface area contributed by atoms with Crippen LogP contribution in [0.5, 0.6) is 17.2 Å². The number of fused-ring (bicyclic) bond motifs is 1. The first-order chi connectivity index (χ1) is 12.4. The molecular weight excluding hydrogens is 344 g/mol. The molecule has 3 rings (SSSR count). The van der Waals surface area contributed by atoms with Crippen molar-refractivity contribution in [3.05, 3.63) is 54.1 Å². The van der Waals surface area contributed by atoms with E-state index in [2.05, 4.69) is 10.1 Å². The average molecular weight is 363 g/mol. The molecule has 3 atom stereocenters. The highest BCUT2D eigenvalue weighted by atomic mass is 19.3. The van der Waals surface area contributed by atoms with Gasteiger partial charge in [-0.15, -0.1) is 0 Å². The summed E-state index contributed by atoms with van der Waals surface area (Å²) in [5.74, 6) is 0.789. The smallest absolute Gasteiger partial charge is 0.387 e. The van der Waals surface area contributed by atoms with Gasteiger partial charge >= 0.3 is 6.61 Å². The highest BCUT2D eigenvalue weighted by Crippen LogP contribution is 2.33. The number of carbonyl (C=O) groups is 1. The third-order valence-electron chi connectivity index (χ3n) is 4.04. The van der Waals surface area contributed by atoms with Gasteiger partial charge in [-0.05, 0) is 43.7 Å². The molecule has 0 bridgehead atoms. The molecule has 0 radical (unpaired) electrons. The first-order valence-corrected chi connectivity index (χ1v) is 8.21. The molecule has 1 amide bonds. The lowest BCUT2D eigenvalue weighted by atomic mass is 10.1. The van der Waals surface area contributed by atoms with Gasteiger partial charge in [0.25, 0.3) is 5.91 Å². The van der Waals surface area contributed by atoms with Gasteiger partial charge < -0.3 is 19.5 Å². The first kappa shape index (κ1) is 18.0. The molecule has 1 aliphatic rings. The van der Waals surface area contributed by atoms with Gasteiger partial charge in [-0.1, -0.05) is 24.3 Å². The lowest BCUT2D eigenvalue weighted by Gasteiger charge is -2.31. The van der Waals surface area contributed by atoms with Crippen LogP contribution in [0.3, 0.4) is 0 Å². The minimum absolute atomic E-state index is 0.0399. The molecule has 7 heteroatoms. The summed E-state index contributed by atoms with van der Waals surface area (Å²) in [5, 5.41) is 2.82. The molecule has 0 saturated heterocycles. The maximum Gasteiger partial charge on any atom is 0.387 e. The summed E-state index contributed by atoms with van der Waals surface area (Å²) < 4.78 is 40.6. The molecule has 5 nitrogen and oxygen atoms in total. The van der Waals surface area contributed by atoms with Gasteiger partial charge in [-0.25, -0.2) is 0 Å². The number of hydrogen-bond donors (Lipinski definition) is 1. The van der Waals surface area contributed by atoms with Crippen LogP contribution in [0.4, 0.5) is 8.78 Å². The second kappa shape index (κ2) is 7.59. The maximum atomic E-state index is 12.6. The zero-order valence-electron chi connectivity index (χ0n) is 14.3. The fraction of sp³-hybridized carbons (Fsp3) is 0.316. The Hall–Kier alpha value is -2.83. The Balaban J connectivity index is 1.68. The number of alkyl halides is 2. The monoisotopic (exact) mass is 363 g/mol. The minimum Gasteiger partial charge on any atom is -0.482 e. The quantitative estimate of drug-likeness (QED) is 0.880. The number of ether oxygens (including phenoxy) is 3. The van der Waals surface area contributed by atoms with Gasteiger partial charge in [-0.2, -0.15) is 8.78 Å². The summed E-state index contributed by atoms with van der Waals surface area (Å²) in [5.41, 5.74) is 0.640. The van der Waals surface area contributed by atoms with E-state index in [9.17, 15) is 13.6 Å². The van der Waals surface area contributed by atoms with E-state index < -0.39 is 24.9 Å². The number of halogens is 2.